The molecule has 1 saturated carbocycles. The van der Waals surface area contributed by atoms with Crippen molar-refractivity contribution < 1.29 is 4.74 Å². The lowest BCUT2D eigenvalue weighted by Gasteiger charge is -2.25. The maximum atomic E-state index is 6.37. The lowest BCUT2D eigenvalue weighted by atomic mass is 9.84. The highest BCUT2D eigenvalue weighted by molar-refractivity contribution is 7.16. The molecule has 0 amide bonds. The second-order valence-corrected chi connectivity index (χ2v) is 6.10. The molecule has 0 bridgehead atoms. The van der Waals surface area contributed by atoms with E-state index in [9.17, 15) is 0 Å². The van der Waals surface area contributed by atoms with E-state index in [1.165, 1.54) is 32.1 Å². The molecule has 0 radical (unpaired) electrons. The van der Waals surface area contributed by atoms with Crippen LogP contribution in [0.3, 0.4) is 0 Å². The van der Waals surface area contributed by atoms with Gasteiger partial charge in [0.05, 0.1) is 6.04 Å². The Morgan fingerprint density at radius 2 is 2.16 bits per heavy atom. The fraction of sp³-hybridized carbons (Fsp3) is 0.750. The topological polar surface area (TPSA) is 78.3 Å². The summed E-state index contributed by atoms with van der Waals surface area (Å²) in [4.78, 5) is 0.799. The van der Waals surface area contributed by atoms with Crippen molar-refractivity contribution in [2.75, 3.05) is 7.11 Å². The van der Waals surface area contributed by atoms with Gasteiger partial charge >= 0.3 is 0 Å². The lowest BCUT2D eigenvalue weighted by molar-refractivity contribution is 0.176. The van der Waals surface area contributed by atoms with Crippen LogP contribution in [0.4, 0.5) is 0 Å². The highest BCUT2D eigenvalue weighted by atomic mass is 32.1. The minimum Gasteiger partial charge on any atom is -0.377 e. The summed E-state index contributed by atoms with van der Waals surface area (Å²) in [6.07, 6.45) is 6.35. The number of hydrogen-bond donors (Lipinski definition) is 1. The van der Waals surface area contributed by atoms with Crippen molar-refractivity contribution in [2.24, 2.45) is 11.7 Å². The minimum atomic E-state index is 0.0300. The molecule has 1 fully saturated rings. The van der Waals surface area contributed by atoms with E-state index >= 15 is 0 Å². The zero-order valence-electron chi connectivity index (χ0n) is 11.1. The van der Waals surface area contributed by atoms with Crippen LogP contribution in [0, 0.1) is 5.92 Å². The van der Waals surface area contributed by atoms with Crippen molar-refractivity contribution in [1.82, 2.24) is 19.8 Å². The molecule has 7 heteroatoms. The highest BCUT2D eigenvalue weighted by Crippen LogP contribution is 2.34. The molecule has 0 aliphatic heterocycles. The number of rotatable bonds is 4. The Kier molecular flexibility index (Phi) is 3.76. The standard InChI is InChI=1S/C12H19N5OS/c1-18-7-9-14-15-12-17(9)16-11(19-12)10(13)8-5-3-2-4-6-8/h8,10H,2-7,13H2,1H3. The van der Waals surface area contributed by atoms with Gasteiger partial charge in [0.2, 0.25) is 4.96 Å². The smallest absolute Gasteiger partial charge is 0.234 e. The van der Waals surface area contributed by atoms with Gasteiger partial charge < -0.3 is 10.5 Å². The Morgan fingerprint density at radius 1 is 1.37 bits per heavy atom. The van der Waals surface area contributed by atoms with Crippen LogP contribution in [-0.4, -0.2) is 26.9 Å². The van der Waals surface area contributed by atoms with Crippen molar-refractivity contribution in [3.05, 3.63) is 10.8 Å². The van der Waals surface area contributed by atoms with E-state index in [1.54, 1.807) is 23.0 Å². The Morgan fingerprint density at radius 3 is 2.89 bits per heavy atom. The first-order chi connectivity index (χ1) is 9.29. The average Bonchev–Trinajstić information content (AvgIpc) is 3.01. The molecule has 0 spiro atoms. The molecule has 2 heterocycles. The normalized spacial score (nSPS) is 19.1. The molecule has 1 aliphatic carbocycles. The van der Waals surface area contributed by atoms with Gasteiger partial charge in [0.15, 0.2) is 5.82 Å². The number of aromatic nitrogens is 4. The van der Waals surface area contributed by atoms with Crippen molar-refractivity contribution in [1.29, 1.82) is 0 Å². The van der Waals surface area contributed by atoms with Crippen LogP contribution in [0.5, 0.6) is 0 Å². The SMILES string of the molecule is COCc1nnc2sc(C(N)C3CCCCC3)nn12. The van der Waals surface area contributed by atoms with Gasteiger partial charge in [-0.2, -0.15) is 9.61 Å². The summed E-state index contributed by atoms with van der Waals surface area (Å²) in [5.74, 6) is 1.29. The van der Waals surface area contributed by atoms with E-state index in [4.69, 9.17) is 10.5 Å². The summed E-state index contributed by atoms with van der Waals surface area (Å²) in [5, 5.41) is 13.7. The van der Waals surface area contributed by atoms with Gasteiger partial charge in [0, 0.05) is 7.11 Å². The summed E-state index contributed by atoms with van der Waals surface area (Å²) in [6, 6.07) is 0.0300. The molecule has 1 unspecified atom stereocenters. The Labute approximate surface area is 116 Å². The molecule has 6 nitrogen and oxygen atoms in total. The zero-order chi connectivity index (χ0) is 13.2. The molecule has 0 aromatic carbocycles. The molecular weight excluding hydrogens is 262 g/mol. The van der Waals surface area contributed by atoms with Gasteiger partial charge in [-0.3, -0.25) is 0 Å². The molecule has 1 atom stereocenters. The molecule has 1 aliphatic rings. The van der Waals surface area contributed by atoms with Crippen LogP contribution in [0.15, 0.2) is 0 Å². The Hall–Kier alpha value is -1.05. The summed E-state index contributed by atoms with van der Waals surface area (Å²) in [7, 11) is 1.64. The molecule has 104 valence electrons. The monoisotopic (exact) mass is 281 g/mol. The zero-order valence-corrected chi connectivity index (χ0v) is 11.9. The van der Waals surface area contributed by atoms with Crippen molar-refractivity contribution in [3.8, 4) is 0 Å². The van der Waals surface area contributed by atoms with Gasteiger partial charge in [0.25, 0.3) is 0 Å². The molecule has 2 aromatic rings. The van der Waals surface area contributed by atoms with Crippen molar-refractivity contribution >= 4 is 16.3 Å². The van der Waals surface area contributed by atoms with Crippen LogP contribution < -0.4 is 5.73 Å². The number of fused-ring (bicyclic) bond motifs is 1. The van der Waals surface area contributed by atoms with E-state index in [1.807, 2.05) is 0 Å². The predicted octanol–water partition coefficient (Wildman–Crippen LogP) is 1.91. The van der Waals surface area contributed by atoms with E-state index in [0.29, 0.717) is 12.5 Å². The lowest BCUT2D eigenvalue weighted by Crippen LogP contribution is -2.23. The van der Waals surface area contributed by atoms with E-state index in [-0.39, 0.29) is 6.04 Å². The molecule has 2 aromatic heterocycles. The maximum absolute atomic E-state index is 6.37. The van der Waals surface area contributed by atoms with Crippen LogP contribution in [0.2, 0.25) is 0 Å². The number of nitrogens with zero attached hydrogens (tertiary/aromatic N) is 4. The largest absolute Gasteiger partial charge is 0.377 e. The van der Waals surface area contributed by atoms with E-state index < -0.39 is 0 Å². The summed E-state index contributed by atoms with van der Waals surface area (Å²) < 4.78 is 6.85. The van der Waals surface area contributed by atoms with Gasteiger partial charge in [0.1, 0.15) is 11.6 Å². The third-order valence-electron chi connectivity index (χ3n) is 3.79. The van der Waals surface area contributed by atoms with Crippen LogP contribution >= 0.6 is 11.3 Å². The van der Waals surface area contributed by atoms with Gasteiger partial charge in [-0.25, -0.2) is 0 Å². The maximum Gasteiger partial charge on any atom is 0.234 e. The van der Waals surface area contributed by atoms with Crippen LogP contribution in [-0.2, 0) is 11.3 Å². The fourth-order valence-electron chi connectivity index (χ4n) is 2.72. The number of hydrogen-bond acceptors (Lipinski definition) is 6. The second kappa shape index (κ2) is 5.52. The first kappa shape index (κ1) is 13.0. The van der Waals surface area contributed by atoms with Crippen molar-refractivity contribution in [3.63, 3.8) is 0 Å². The Bertz CT molecular complexity index is 545. The quantitative estimate of drug-likeness (QED) is 0.926. The van der Waals surface area contributed by atoms with Crippen LogP contribution in [0.1, 0.15) is 49.0 Å². The molecular formula is C12H19N5OS. The van der Waals surface area contributed by atoms with Gasteiger partial charge in [-0.1, -0.05) is 30.6 Å². The third kappa shape index (κ3) is 2.50. The highest BCUT2D eigenvalue weighted by Gasteiger charge is 2.25. The predicted molar refractivity (Wildman–Crippen MR) is 72.9 cm³/mol. The summed E-state index contributed by atoms with van der Waals surface area (Å²) in [5.41, 5.74) is 6.37. The molecule has 0 saturated heterocycles. The minimum absolute atomic E-state index is 0.0300. The average molecular weight is 281 g/mol. The van der Waals surface area contributed by atoms with Crippen LogP contribution in [0.25, 0.3) is 4.96 Å². The molecule has 2 N–H and O–H groups in total. The summed E-state index contributed by atoms with van der Waals surface area (Å²) >= 11 is 1.54. The number of nitrogens with two attached hydrogens (primary N) is 1. The van der Waals surface area contributed by atoms with E-state index in [0.717, 1.165) is 15.8 Å². The first-order valence-electron chi connectivity index (χ1n) is 6.75. The van der Waals surface area contributed by atoms with Crippen molar-refractivity contribution in [2.45, 2.75) is 44.8 Å². The van der Waals surface area contributed by atoms with Gasteiger partial charge in [-0.05, 0) is 18.8 Å². The fourth-order valence-corrected chi connectivity index (χ4v) is 3.67. The number of methoxy groups -OCH3 is 1. The molecule has 3 rings (SSSR count). The first-order valence-corrected chi connectivity index (χ1v) is 7.57. The third-order valence-corrected chi connectivity index (χ3v) is 4.79. The van der Waals surface area contributed by atoms with E-state index in [2.05, 4.69) is 15.3 Å². The molecule has 19 heavy (non-hydrogen) atoms. The van der Waals surface area contributed by atoms with Gasteiger partial charge in [-0.15, -0.1) is 10.2 Å². The number of ether oxygens (including phenoxy) is 1. The second-order valence-electron chi connectivity index (χ2n) is 5.11. The summed E-state index contributed by atoms with van der Waals surface area (Å²) in [6.45, 7) is 0.420. The Balaban J connectivity index is 1.83.